The molecule has 1 unspecified atom stereocenters. The van der Waals surface area contributed by atoms with E-state index in [1.165, 1.54) is 0 Å². The maximum absolute atomic E-state index is 6.31. The standard InChI is InChI=1S/C25H23ClN4/c26-21-8-6-18(7-9-21)23-17-30-25(16-22(23)19-10-13-28-14-11-19)29-15-12-24(27)20-4-2-1-3-5-20/h1-11,13-14,16-17,24H,12,15,27H2,(H,29,30). The molecule has 0 radical (unpaired) electrons. The van der Waals surface area contributed by atoms with E-state index in [0.717, 1.165) is 46.6 Å². The second-order valence-corrected chi connectivity index (χ2v) is 7.53. The summed E-state index contributed by atoms with van der Waals surface area (Å²) in [6.45, 7) is 0.735. The fourth-order valence-electron chi connectivity index (χ4n) is 3.40. The molecule has 2 aromatic heterocycles. The number of aromatic nitrogens is 2. The highest BCUT2D eigenvalue weighted by atomic mass is 35.5. The molecule has 2 aromatic carbocycles. The van der Waals surface area contributed by atoms with Crippen LogP contribution in [0.2, 0.25) is 5.02 Å². The van der Waals surface area contributed by atoms with Gasteiger partial charge in [-0.3, -0.25) is 4.98 Å². The van der Waals surface area contributed by atoms with Crippen molar-refractivity contribution in [2.24, 2.45) is 5.73 Å². The van der Waals surface area contributed by atoms with Crippen LogP contribution in [0.5, 0.6) is 0 Å². The minimum Gasteiger partial charge on any atom is -0.370 e. The van der Waals surface area contributed by atoms with Crippen LogP contribution in [-0.2, 0) is 0 Å². The third-order valence-corrected chi connectivity index (χ3v) is 5.29. The van der Waals surface area contributed by atoms with Crippen LogP contribution < -0.4 is 11.1 Å². The predicted octanol–water partition coefficient (Wildman–Crippen LogP) is 5.97. The van der Waals surface area contributed by atoms with E-state index in [1.54, 1.807) is 12.4 Å². The van der Waals surface area contributed by atoms with Crippen LogP contribution in [0.4, 0.5) is 5.82 Å². The minimum absolute atomic E-state index is 0.00768. The van der Waals surface area contributed by atoms with Crippen LogP contribution in [0, 0.1) is 0 Å². The fourth-order valence-corrected chi connectivity index (χ4v) is 3.53. The van der Waals surface area contributed by atoms with E-state index < -0.39 is 0 Å². The first-order valence-electron chi connectivity index (χ1n) is 9.91. The molecule has 3 N–H and O–H groups in total. The van der Waals surface area contributed by atoms with Crippen LogP contribution in [0.3, 0.4) is 0 Å². The number of nitrogens with one attached hydrogen (secondary N) is 1. The molecule has 0 bridgehead atoms. The largest absolute Gasteiger partial charge is 0.370 e. The van der Waals surface area contributed by atoms with Gasteiger partial charge in [-0.05, 0) is 59.0 Å². The monoisotopic (exact) mass is 414 g/mol. The first kappa shape index (κ1) is 20.1. The van der Waals surface area contributed by atoms with Gasteiger partial charge in [-0.1, -0.05) is 54.1 Å². The summed E-state index contributed by atoms with van der Waals surface area (Å²) in [6, 6.07) is 24.0. The van der Waals surface area contributed by atoms with Crippen molar-refractivity contribution >= 4 is 17.4 Å². The Kier molecular flexibility index (Phi) is 6.38. The highest BCUT2D eigenvalue weighted by Gasteiger charge is 2.11. The lowest BCUT2D eigenvalue weighted by Gasteiger charge is -2.15. The van der Waals surface area contributed by atoms with Crippen molar-refractivity contribution in [2.75, 3.05) is 11.9 Å². The van der Waals surface area contributed by atoms with Crippen molar-refractivity contribution in [3.63, 3.8) is 0 Å². The molecule has 30 heavy (non-hydrogen) atoms. The Labute approximate surface area is 181 Å². The number of hydrogen-bond acceptors (Lipinski definition) is 4. The smallest absolute Gasteiger partial charge is 0.126 e. The number of rotatable bonds is 7. The Balaban J connectivity index is 1.55. The first-order chi connectivity index (χ1) is 14.7. The molecule has 0 aliphatic carbocycles. The second kappa shape index (κ2) is 9.53. The molecule has 0 saturated heterocycles. The van der Waals surface area contributed by atoms with E-state index in [2.05, 4.69) is 33.5 Å². The molecular weight excluding hydrogens is 392 g/mol. The molecule has 150 valence electrons. The number of benzene rings is 2. The van der Waals surface area contributed by atoms with Gasteiger partial charge in [0.05, 0.1) is 0 Å². The summed E-state index contributed by atoms with van der Waals surface area (Å²) >= 11 is 6.06. The summed E-state index contributed by atoms with van der Waals surface area (Å²) in [5.74, 6) is 0.819. The van der Waals surface area contributed by atoms with Crippen LogP contribution in [0.1, 0.15) is 18.0 Å². The average molecular weight is 415 g/mol. The minimum atomic E-state index is -0.00768. The zero-order valence-corrected chi connectivity index (χ0v) is 17.3. The van der Waals surface area contributed by atoms with Crippen LogP contribution in [0.25, 0.3) is 22.3 Å². The summed E-state index contributed by atoms with van der Waals surface area (Å²) in [5.41, 5.74) is 11.7. The van der Waals surface area contributed by atoms with Crippen molar-refractivity contribution in [1.82, 2.24) is 9.97 Å². The van der Waals surface area contributed by atoms with E-state index in [1.807, 2.05) is 60.8 Å². The van der Waals surface area contributed by atoms with Crippen molar-refractivity contribution in [1.29, 1.82) is 0 Å². The van der Waals surface area contributed by atoms with Gasteiger partial charge in [0, 0.05) is 41.8 Å². The number of nitrogens with two attached hydrogens (primary N) is 1. The van der Waals surface area contributed by atoms with Gasteiger partial charge >= 0.3 is 0 Å². The van der Waals surface area contributed by atoms with Crippen molar-refractivity contribution in [3.05, 3.63) is 102 Å². The zero-order valence-electron chi connectivity index (χ0n) is 16.5. The van der Waals surface area contributed by atoms with Gasteiger partial charge in [0.2, 0.25) is 0 Å². The van der Waals surface area contributed by atoms with Crippen LogP contribution in [-0.4, -0.2) is 16.5 Å². The lowest BCUT2D eigenvalue weighted by atomic mass is 9.97. The second-order valence-electron chi connectivity index (χ2n) is 7.09. The van der Waals surface area contributed by atoms with E-state index in [0.29, 0.717) is 5.02 Å². The van der Waals surface area contributed by atoms with Gasteiger partial charge in [0.15, 0.2) is 0 Å². The SMILES string of the molecule is NC(CCNc1cc(-c2ccncc2)c(-c2ccc(Cl)cc2)cn1)c1ccccc1. The predicted molar refractivity (Wildman–Crippen MR) is 124 cm³/mol. The van der Waals surface area contributed by atoms with E-state index in [-0.39, 0.29) is 6.04 Å². The summed E-state index contributed by atoms with van der Waals surface area (Å²) in [4.78, 5) is 8.78. The molecule has 4 nitrogen and oxygen atoms in total. The number of nitrogens with zero attached hydrogens (tertiary/aromatic N) is 2. The summed E-state index contributed by atoms with van der Waals surface area (Å²) in [7, 11) is 0. The van der Waals surface area contributed by atoms with Gasteiger partial charge < -0.3 is 11.1 Å². The van der Waals surface area contributed by atoms with Crippen LogP contribution in [0.15, 0.2) is 91.4 Å². The van der Waals surface area contributed by atoms with Gasteiger partial charge in [-0.15, -0.1) is 0 Å². The normalized spacial score (nSPS) is 11.8. The van der Waals surface area contributed by atoms with Gasteiger partial charge in [0.25, 0.3) is 0 Å². The lowest BCUT2D eigenvalue weighted by molar-refractivity contribution is 0.674. The van der Waals surface area contributed by atoms with Crippen LogP contribution >= 0.6 is 11.6 Å². The summed E-state index contributed by atoms with van der Waals surface area (Å²) < 4.78 is 0. The van der Waals surface area contributed by atoms with Gasteiger partial charge in [0.1, 0.15) is 5.82 Å². The third kappa shape index (κ3) is 4.85. The topological polar surface area (TPSA) is 63.8 Å². The maximum Gasteiger partial charge on any atom is 0.126 e. The van der Waals surface area contributed by atoms with Gasteiger partial charge in [-0.25, -0.2) is 4.98 Å². The Bertz CT molecular complexity index is 1080. The van der Waals surface area contributed by atoms with Gasteiger partial charge in [-0.2, -0.15) is 0 Å². The number of hydrogen-bond donors (Lipinski definition) is 2. The Morgan fingerprint density at radius 2 is 1.57 bits per heavy atom. The van der Waals surface area contributed by atoms with E-state index >= 15 is 0 Å². The average Bonchev–Trinajstić information content (AvgIpc) is 2.81. The fraction of sp³-hybridized carbons (Fsp3) is 0.120. The van der Waals surface area contributed by atoms with E-state index in [4.69, 9.17) is 17.3 Å². The molecule has 0 aliphatic rings. The Hall–Kier alpha value is -3.21. The molecule has 5 heteroatoms. The molecule has 2 heterocycles. The molecule has 0 amide bonds. The van der Waals surface area contributed by atoms with Crippen molar-refractivity contribution in [3.8, 4) is 22.3 Å². The summed E-state index contributed by atoms with van der Waals surface area (Å²) in [5, 5.41) is 4.13. The molecule has 0 saturated carbocycles. The molecule has 0 fully saturated rings. The molecule has 4 aromatic rings. The maximum atomic E-state index is 6.31. The van der Waals surface area contributed by atoms with Crippen molar-refractivity contribution in [2.45, 2.75) is 12.5 Å². The number of halogens is 1. The molecule has 0 aliphatic heterocycles. The highest BCUT2D eigenvalue weighted by molar-refractivity contribution is 6.30. The molecule has 1 atom stereocenters. The molecule has 4 rings (SSSR count). The Morgan fingerprint density at radius 1 is 0.867 bits per heavy atom. The lowest BCUT2D eigenvalue weighted by Crippen LogP contribution is -2.15. The number of anilines is 1. The first-order valence-corrected chi connectivity index (χ1v) is 10.3. The zero-order chi connectivity index (χ0) is 20.8. The summed E-state index contributed by atoms with van der Waals surface area (Å²) in [6.07, 6.45) is 6.31. The van der Waals surface area contributed by atoms with Crippen molar-refractivity contribution < 1.29 is 0 Å². The highest BCUT2D eigenvalue weighted by Crippen LogP contribution is 2.33. The van der Waals surface area contributed by atoms with E-state index in [9.17, 15) is 0 Å². The number of pyridine rings is 2. The Morgan fingerprint density at radius 3 is 2.30 bits per heavy atom. The third-order valence-electron chi connectivity index (χ3n) is 5.04. The quantitative estimate of drug-likeness (QED) is 0.391. The molecular formula is C25H23ClN4. The molecule has 0 spiro atoms.